The zero-order valence-corrected chi connectivity index (χ0v) is 11.5. The lowest BCUT2D eigenvalue weighted by atomic mass is 10.1. The molecule has 1 aromatic carbocycles. The number of benzene rings is 1. The Morgan fingerprint density at radius 1 is 1.35 bits per heavy atom. The van der Waals surface area contributed by atoms with Crippen molar-refractivity contribution in [3.05, 3.63) is 42.4 Å². The first-order valence-electron chi connectivity index (χ1n) is 6.82. The van der Waals surface area contributed by atoms with E-state index in [0.29, 0.717) is 12.6 Å². The summed E-state index contributed by atoms with van der Waals surface area (Å²) in [5.74, 6) is 1.62. The molecule has 0 spiro atoms. The van der Waals surface area contributed by atoms with E-state index in [1.165, 1.54) is 19.2 Å². The summed E-state index contributed by atoms with van der Waals surface area (Å²) in [5, 5.41) is 6.61. The summed E-state index contributed by atoms with van der Waals surface area (Å²) < 4.78 is 5.50. The van der Waals surface area contributed by atoms with Gasteiger partial charge in [0.2, 0.25) is 0 Å². The van der Waals surface area contributed by atoms with Crippen molar-refractivity contribution >= 4 is 5.96 Å². The van der Waals surface area contributed by atoms with Crippen LogP contribution in [-0.4, -0.2) is 24.0 Å². The first-order chi connectivity index (χ1) is 9.86. The first-order valence-corrected chi connectivity index (χ1v) is 6.82. The summed E-state index contributed by atoms with van der Waals surface area (Å²) in [4.78, 5) is 8.49. The zero-order valence-electron chi connectivity index (χ0n) is 11.5. The second-order valence-corrected chi connectivity index (χ2v) is 4.84. The fourth-order valence-corrected chi connectivity index (χ4v) is 2.00. The third-order valence-electron chi connectivity index (χ3n) is 3.24. The maximum atomic E-state index is 5.50. The zero-order chi connectivity index (χ0) is 13.8. The average molecular weight is 270 g/mol. The number of aliphatic imine (C=N–C) groups is 1. The van der Waals surface area contributed by atoms with Crippen LogP contribution in [0.15, 0.2) is 46.1 Å². The molecular weight excluding hydrogens is 252 g/mol. The third-order valence-corrected chi connectivity index (χ3v) is 3.24. The minimum absolute atomic E-state index is 0.576. The van der Waals surface area contributed by atoms with Gasteiger partial charge >= 0.3 is 0 Å². The van der Waals surface area contributed by atoms with Crippen LogP contribution >= 0.6 is 0 Å². The monoisotopic (exact) mass is 270 g/mol. The standard InChI is InChI=1S/C15H18N4O/c1-16-15(19-12-7-8-12)17-9-13-14(20-10-18-13)11-5-3-2-4-6-11/h2-6,10,12H,7-9H2,1H3,(H2,16,17,19). The number of nitrogens with one attached hydrogen (secondary N) is 2. The predicted octanol–water partition coefficient (Wildman–Crippen LogP) is 2.17. The Bertz CT molecular complexity index is 587. The van der Waals surface area contributed by atoms with Gasteiger partial charge in [0.05, 0.1) is 6.54 Å². The van der Waals surface area contributed by atoms with Crippen LogP contribution in [0.1, 0.15) is 18.5 Å². The summed E-state index contributed by atoms with van der Waals surface area (Å²) in [5.41, 5.74) is 1.92. The van der Waals surface area contributed by atoms with Crippen molar-refractivity contribution in [1.29, 1.82) is 0 Å². The van der Waals surface area contributed by atoms with Crippen LogP contribution in [-0.2, 0) is 6.54 Å². The molecule has 1 heterocycles. The van der Waals surface area contributed by atoms with Crippen LogP contribution < -0.4 is 10.6 Å². The van der Waals surface area contributed by atoms with Crippen LogP contribution in [0.4, 0.5) is 0 Å². The number of hydrogen-bond acceptors (Lipinski definition) is 3. The van der Waals surface area contributed by atoms with Crippen LogP contribution in [0.2, 0.25) is 0 Å². The molecule has 0 atom stereocenters. The Hall–Kier alpha value is -2.30. The molecule has 1 aromatic heterocycles. The molecule has 0 amide bonds. The molecule has 1 saturated carbocycles. The van der Waals surface area contributed by atoms with Crippen molar-refractivity contribution in [3.63, 3.8) is 0 Å². The van der Waals surface area contributed by atoms with E-state index in [0.717, 1.165) is 23.0 Å². The van der Waals surface area contributed by atoms with Crippen molar-refractivity contribution in [2.75, 3.05) is 7.05 Å². The highest BCUT2D eigenvalue weighted by Gasteiger charge is 2.22. The van der Waals surface area contributed by atoms with E-state index in [2.05, 4.69) is 20.6 Å². The number of guanidine groups is 1. The van der Waals surface area contributed by atoms with E-state index in [4.69, 9.17) is 4.42 Å². The minimum atomic E-state index is 0.576. The van der Waals surface area contributed by atoms with Crippen molar-refractivity contribution in [2.45, 2.75) is 25.4 Å². The van der Waals surface area contributed by atoms with E-state index in [1.54, 1.807) is 7.05 Å². The molecule has 5 nitrogen and oxygen atoms in total. The van der Waals surface area contributed by atoms with E-state index in [1.807, 2.05) is 30.3 Å². The number of oxazole rings is 1. The van der Waals surface area contributed by atoms with Crippen LogP contribution in [0.5, 0.6) is 0 Å². The summed E-state index contributed by atoms with van der Waals surface area (Å²) in [6.45, 7) is 0.590. The van der Waals surface area contributed by atoms with Gasteiger partial charge in [-0.05, 0) is 12.8 Å². The first kappa shape index (κ1) is 12.7. The quantitative estimate of drug-likeness (QED) is 0.660. The van der Waals surface area contributed by atoms with Crippen LogP contribution in [0.3, 0.4) is 0 Å². The van der Waals surface area contributed by atoms with E-state index < -0.39 is 0 Å². The van der Waals surface area contributed by atoms with Gasteiger partial charge in [0.1, 0.15) is 5.69 Å². The largest absolute Gasteiger partial charge is 0.443 e. The van der Waals surface area contributed by atoms with Gasteiger partial charge in [-0.25, -0.2) is 4.98 Å². The normalized spacial score (nSPS) is 15.2. The van der Waals surface area contributed by atoms with Gasteiger partial charge in [-0.2, -0.15) is 0 Å². The number of rotatable bonds is 4. The third kappa shape index (κ3) is 2.99. The number of hydrogen-bond donors (Lipinski definition) is 2. The van der Waals surface area contributed by atoms with E-state index >= 15 is 0 Å². The Morgan fingerprint density at radius 3 is 2.85 bits per heavy atom. The fourth-order valence-electron chi connectivity index (χ4n) is 2.00. The molecule has 3 rings (SSSR count). The Kier molecular flexibility index (Phi) is 3.67. The topological polar surface area (TPSA) is 62.5 Å². The molecular formula is C15H18N4O. The van der Waals surface area contributed by atoms with Crippen molar-refractivity contribution in [3.8, 4) is 11.3 Å². The van der Waals surface area contributed by atoms with Crippen molar-refractivity contribution in [2.24, 2.45) is 4.99 Å². The molecule has 5 heteroatoms. The highest BCUT2D eigenvalue weighted by molar-refractivity contribution is 5.80. The molecule has 1 fully saturated rings. The SMILES string of the molecule is CN=C(NCc1ncoc1-c1ccccc1)NC1CC1. The molecule has 20 heavy (non-hydrogen) atoms. The second kappa shape index (κ2) is 5.77. The lowest BCUT2D eigenvalue weighted by Crippen LogP contribution is -2.38. The van der Waals surface area contributed by atoms with E-state index in [9.17, 15) is 0 Å². The van der Waals surface area contributed by atoms with Crippen molar-refractivity contribution in [1.82, 2.24) is 15.6 Å². The molecule has 0 radical (unpaired) electrons. The molecule has 104 valence electrons. The Morgan fingerprint density at radius 2 is 2.15 bits per heavy atom. The summed E-state index contributed by atoms with van der Waals surface area (Å²) in [6, 6.07) is 10.6. The Balaban J connectivity index is 1.67. The lowest BCUT2D eigenvalue weighted by molar-refractivity contribution is 0.570. The molecule has 1 aliphatic carbocycles. The average Bonchev–Trinajstić information content (AvgIpc) is 3.19. The molecule has 0 saturated heterocycles. The molecule has 0 aliphatic heterocycles. The van der Waals surface area contributed by atoms with Crippen LogP contribution in [0, 0.1) is 0 Å². The fraction of sp³-hybridized carbons (Fsp3) is 0.333. The minimum Gasteiger partial charge on any atom is -0.443 e. The van der Waals surface area contributed by atoms with Gasteiger partial charge in [0.25, 0.3) is 0 Å². The van der Waals surface area contributed by atoms with Crippen LogP contribution in [0.25, 0.3) is 11.3 Å². The summed E-state index contributed by atoms with van der Waals surface area (Å²) >= 11 is 0. The van der Waals surface area contributed by atoms with Gasteiger partial charge in [-0.15, -0.1) is 0 Å². The van der Waals surface area contributed by atoms with E-state index in [-0.39, 0.29) is 0 Å². The molecule has 1 aliphatic rings. The Labute approximate surface area is 118 Å². The number of nitrogens with zero attached hydrogens (tertiary/aromatic N) is 2. The highest BCUT2D eigenvalue weighted by Crippen LogP contribution is 2.22. The van der Waals surface area contributed by atoms with Gasteiger partial charge < -0.3 is 15.1 Å². The molecule has 2 aromatic rings. The number of aromatic nitrogens is 1. The van der Waals surface area contributed by atoms with Gasteiger partial charge in [0, 0.05) is 18.7 Å². The second-order valence-electron chi connectivity index (χ2n) is 4.84. The molecule has 2 N–H and O–H groups in total. The molecule has 0 bridgehead atoms. The lowest BCUT2D eigenvalue weighted by Gasteiger charge is -2.10. The maximum absolute atomic E-state index is 5.50. The summed E-state index contributed by atoms with van der Waals surface area (Å²) in [6.07, 6.45) is 3.93. The molecule has 0 unspecified atom stereocenters. The van der Waals surface area contributed by atoms with Crippen molar-refractivity contribution < 1.29 is 4.42 Å². The van der Waals surface area contributed by atoms with Gasteiger partial charge in [-0.3, -0.25) is 4.99 Å². The van der Waals surface area contributed by atoms with Gasteiger partial charge in [0.15, 0.2) is 18.1 Å². The summed E-state index contributed by atoms with van der Waals surface area (Å²) in [7, 11) is 1.78. The maximum Gasteiger partial charge on any atom is 0.191 e. The highest BCUT2D eigenvalue weighted by atomic mass is 16.3. The smallest absolute Gasteiger partial charge is 0.191 e. The predicted molar refractivity (Wildman–Crippen MR) is 78.3 cm³/mol. The van der Waals surface area contributed by atoms with Gasteiger partial charge in [-0.1, -0.05) is 30.3 Å².